The highest BCUT2D eigenvalue weighted by Gasteiger charge is 2.73. The summed E-state index contributed by atoms with van der Waals surface area (Å²) in [6.07, 6.45) is 0.821. The molecule has 0 bridgehead atoms. The van der Waals surface area contributed by atoms with Crippen LogP contribution < -0.4 is 0 Å². The van der Waals surface area contributed by atoms with Crippen molar-refractivity contribution in [2.75, 3.05) is 0 Å². The first kappa shape index (κ1) is 14.5. The molecule has 5 nitrogen and oxygen atoms in total. The van der Waals surface area contributed by atoms with E-state index in [2.05, 4.69) is 20.8 Å². The molecule has 0 amide bonds. The average molecular weight is 308 g/mol. The van der Waals surface area contributed by atoms with Gasteiger partial charge in [-0.3, -0.25) is 9.59 Å². The normalized spacial score (nSPS) is 50.3. The molecular weight excluding hydrogens is 284 g/mol. The lowest BCUT2D eigenvalue weighted by Gasteiger charge is -2.61. The summed E-state index contributed by atoms with van der Waals surface area (Å²) in [6.45, 7) is 10.2. The van der Waals surface area contributed by atoms with Gasteiger partial charge < -0.3 is 14.2 Å². The minimum atomic E-state index is -0.534. The Morgan fingerprint density at radius 1 is 1.14 bits per heavy atom. The summed E-state index contributed by atoms with van der Waals surface area (Å²) in [5.41, 5.74) is -0.611. The van der Waals surface area contributed by atoms with Gasteiger partial charge in [0.15, 0.2) is 0 Å². The molecule has 0 spiro atoms. The molecule has 22 heavy (non-hydrogen) atoms. The van der Waals surface area contributed by atoms with Gasteiger partial charge in [0.2, 0.25) is 6.29 Å². The zero-order valence-electron chi connectivity index (χ0n) is 13.8. The first-order chi connectivity index (χ1) is 10.1. The highest BCUT2D eigenvalue weighted by Crippen LogP contribution is 2.66. The van der Waals surface area contributed by atoms with Crippen molar-refractivity contribution in [3.05, 3.63) is 0 Å². The largest absolute Gasteiger partial charge is 0.459 e. The Balaban J connectivity index is 1.50. The molecule has 0 aromatic rings. The van der Waals surface area contributed by atoms with Crippen molar-refractivity contribution in [3.8, 4) is 0 Å². The minimum Gasteiger partial charge on any atom is -0.459 e. The number of cyclic esters (lactones) is 2. The van der Waals surface area contributed by atoms with Crippen LogP contribution in [-0.4, -0.2) is 29.9 Å². The number of hydrogen-bond donors (Lipinski definition) is 0. The maximum atomic E-state index is 11.9. The molecule has 2 saturated heterocycles. The molecule has 2 aliphatic heterocycles. The second-order valence-corrected chi connectivity index (χ2v) is 8.89. The maximum Gasteiger partial charge on any atom is 0.312 e. The summed E-state index contributed by atoms with van der Waals surface area (Å²) in [7, 11) is 0. The van der Waals surface area contributed by atoms with Gasteiger partial charge in [-0.05, 0) is 31.1 Å². The zero-order valence-corrected chi connectivity index (χ0v) is 13.8. The van der Waals surface area contributed by atoms with E-state index < -0.39 is 11.9 Å². The van der Waals surface area contributed by atoms with Gasteiger partial charge in [0, 0.05) is 11.8 Å². The van der Waals surface area contributed by atoms with Crippen molar-refractivity contribution in [2.45, 2.75) is 65.5 Å². The van der Waals surface area contributed by atoms with E-state index >= 15 is 0 Å². The van der Waals surface area contributed by atoms with Crippen molar-refractivity contribution >= 4 is 11.9 Å². The Labute approximate surface area is 130 Å². The Morgan fingerprint density at radius 3 is 2.36 bits per heavy atom. The zero-order chi connectivity index (χ0) is 16.1. The topological polar surface area (TPSA) is 61.8 Å². The van der Waals surface area contributed by atoms with E-state index in [1.807, 2.05) is 13.8 Å². The molecule has 2 heterocycles. The molecule has 0 radical (unpaired) electrons. The van der Waals surface area contributed by atoms with Gasteiger partial charge in [-0.25, -0.2) is 0 Å². The molecule has 4 fully saturated rings. The summed E-state index contributed by atoms with van der Waals surface area (Å²) in [5.74, 6) is 0.0499. The van der Waals surface area contributed by atoms with Crippen LogP contribution in [0, 0.1) is 28.6 Å². The molecule has 4 aliphatic rings. The molecule has 2 saturated carbocycles. The van der Waals surface area contributed by atoms with Crippen molar-refractivity contribution in [2.24, 2.45) is 28.6 Å². The van der Waals surface area contributed by atoms with Crippen LogP contribution in [0.2, 0.25) is 0 Å². The molecule has 6 atom stereocenters. The number of carbonyl (C=O) groups is 2. The quantitative estimate of drug-likeness (QED) is 0.732. The van der Waals surface area contributed by atoms with Crippen LogP contribution >= 0.6 is 0 Å². The fourth-order valence-corrected chi connectivity index (χ4v) is 5.49. The molecule has 4 rings (SSSR count). The lowest BCUT2D eigenvalue weighted by atomic mass is 9.51. The number of hydrogen-bond acceptors (Lipinski definition) is 5. The first-order valence-corrected chi connectivity index (χ1v) is 8.14. The third kappa shape index (κ3) is 1.69. The highest BCUT2D eigenvalue weighted by atomic mass is 16.7. The fourth-order valence-electron chi connectivity index (χ4n) is 5.49. The Bertz CT molecular complexity index is 550. The summed E-state index contributed by atoms with van der Waals surface area (Å²) in [4.78, 5) is 23.7. The van der Waals surface area contributed by atoms with Crippen molar-refractivity contribution in [1.82, 2.24) is 0 Å². The van der Waals surface area contributed by atoms with Gasteiger partial charge in [0.05, 0.1) is 18.4 Å². The van der Waals surface area contributed by atoms with Gasteiger partial charge in [-0.2, -0.15) is 0 Å². The highest BCUT2D eigenvalue weighted by molar-refractivity contribution is 5.80. The van der Waals surface area contributed by atoms with Crippen LogP contribution in [-0.2, 0) is 23.8 Å². The molecule has 0 aromatic heterocycles. The molecule has 2 aliphatic carbocycles. The number of carbonyl (C=O) groups excluding carboxylic acids is 2. The Morgan fingerprint density at radius 2 is 1.82 bits per heavy atom. The van der Waals surface area contributed by atoms with E-state index in [1.165, 1.54) is 0 Å². The van der Waals surface area contributed by atoms with Gasteiger partial charge in [-0.1, -0.05) is 20.8 Å². The number of fused-ring (bicyclic) bond motifs is 2. The number of rotatable bonds is 2. The van der Waals surface area contributed by atoms with Gasteiger partial charge in [0.25, 0.3) is 0 Å². The maximum absolute atomic E-state index is 11.9. The molecular formula is C17H24O5. The van der Waals surface area contributed by atoms with Crippen molar-refractivity contribution in [1.29, 1.82) is 0 Å². The Kier molecular flexibility index (Phi) is 2.54. The monoisotopic (exact) mass is 308 g/mol. The Hall–Kier alpha value is -1.10. The second-order valence-electron chi connectivity index (χ2n) is 8.89. The van der Waals surface area contributed by atoms with Crippen LogP contribution in [0.3, 0.4) is 0 Å². The van der Waals surface area contributed by atoms with E-state index in [4.69, 9.17) is 14.2 Å². The fraction of sp³-hybridized carbons (Fsp3) is 0.882. The van der Waals surface area contributed by atoms with Crippen LogP contribution in [0.4, 0.5) is 0 Å². The van der Waals surface area contributed by atoms with Gasteiger partial charge >= 0.3 is 11.9 Å². The summed E-state index contributed by atoms with van der Waals surface area (Å²) >= 11 is 0. The summed E-state index contributed by atoms with van der Waals surface area (Å²) in [6, 6.07) is 0. The predicted molar refractivity (Wildman–Crippen MR) is 76.5 cm³/mol. The van der Waals surface area contributed by atoms with Crippen LogP contribution in [0.1, 0.15) is 47.5 Å². The molecule has 5 heteroatoms. The second kappa shape index (κ2) is 3.86. The molecule has 0 N–H and O–H groups in total. The SMILES string of the molecule is CC12CC(=O)OC(C)(C)C1C(OC1OC(=O)C3C1C3(C)C)C2. The van der Waals surface area contributed by atoms with Crippen LogP contribution in [0.25, 0.3) is 0 Å². The summed E-state index contributed by atoms with van der Waals surface area (Å²) < 4.78 is 17.1. The van der Waals surface area contributed by atoms with E-state index in [-0.39, 0.29) is 46.6 Å². The molecule has 0 aromatic carbocycles. The van der Waals surface area contributed by atoms with Gasteiger partial charge in [-0.15, -0.1) is 0 Å². The predicted octanol–water partition coefficient (Wildman–Crippen LogP) is 2.28. The van der Waals surface area contributed by atoms with E-state index in [0.717, 1.165) is 6.42 Å². The standard InChI is InChI=1S/C17H24O5/c1-15(2)10-11(15)14(21-13(10)19)20-8-6-17(5)7-9(18)22-16(3,4)12(8)17/h8,10-12,14H,6-7H2,1-5H3. The third-order valence-corrected chi connectivity index (χ3v) is 6.46. The van der Waals surface area contributed by atoms with Crippen LogP contribution in [0.15, 0.2) is 0 Å². The lowest BCUT2D eigenvalue weighted by molar-refractivity contribution is -0.281. The molecule has 6 unspecified atom stereocenters. The smallest absolute Gasteiger partial charge is 0.312 e. The minimum absolute atomic E-state index is 0.0123. The van der Waals surface area contributed by atoms with Crippen LogP contribution in [0.5, 0.6) is 0 Å². The third-order valence-electron chi connectivity index (χ3n) is 6.46. The average Bonchev–Trinajstić information content (AvgIpc) is 2.67. The van der Waals surface area contributed by atoms with E-state index in [0.29, 0.717) is 6.42 Å². The summed E-state index contributed by atoms with van der Waals surface area (Å²) in [5, 5.41) is 0. The van der Waals surface area contributed by atoms with Crippen molar-refractivity contribution < 1.29 is 23.8 Å². The first-order valence-electron chi connectivity index (χ1n) is 8.14. The van der Waals surface area contributed by atoms with Gasteiger partial charge in [0.1, 0.15) is 5.60 Å². The lowest BCUT2D eigenvalue weighted by Crippen LogP contribution is -2.65. The van der Waals surface area contributed by atoms with E-state index in [9.17, 15) is 9.59 Å². The number of ether oxygens (including phenoxy) is 3. The number of esters is 2. The molecule has 122 valence electrons. The van der Waals surface area contributed by atoms with Crippen molar-refractivity contribution in [3.63, 3.8) is 0 Å². The van der Waals surface area contributed by atoms with E-state index in [1.54, 1.807) is 0 Å².